The van der Waals surface area contributed by atoms with Crippen LogP contribution in [-0.2, 0) is 11.2 Å². The maximum atomic E-state index is 12.3. The lowest BCUT2D eigenvalue weighted by Gasteiger charge is -2.09. The Balaban J connectivity index is 1.86. The van der Waals surface area contributed by atoms with Crippen molar-refractivity contribution in [1.82, 2.24) is 15.0 Å². The van der Waals surface area contributed by atoms with Crippen molar-refractivity contribution < 1.29 is 4.79 Å². The highest BCUT2D eigenvalue weighted by atomic mass is 32.2. The summed E-state index contributed by atoms with van der Waals surface area (Å²) in [5.74, 6) is 1.32. The minimum atomic E-state index is -0.0628. The monoisotopic (exact) mass is 406 g/mol. The summed E-state index contributed by atoms with van der Waals surface area (Å²) >= 11 is 4.64. The number of hydrogen-bond donors (Lipinski definition) is 1. The van der Waals surface area contributed by atoms with E-state index >= 15 is 0 Å². The van der Waals surface area contributed by atoms with Crippen LogP contribution >= 0.6 is 34.4 Å². The molecule has 0 fully saturated rings. The zero-order valence-electron chi connectivity index (χ0n) is 15.5. The maximum Gasteiger partial charge on any atom is 0.236 e. The number of fused-ring (bicyclic) bond motifs is 1. The molecule has 0 atom stereocenters. The van der Waals surface area contributed by atoms with E-state index in [4.69, 9.17) is 9.97 Å². The van der Waals surface area contributed by atoms with Gasteiger partial charge >= 0.3 is 0 Å². The van der Waals surface area contributed by atoms with Gasteiger partial charge in [-0.2, -0.15) is 0 Å². The number of thioether (sulfide) groups is 1. The third kappa shape index (κ3) is 4.07. The van der Waals surface area contributed by atoms with Gasteiger partial charge in [-0.15, -0.1) is 22.7 Å². The van der Waals surface area contributed by atoms with E-state index in [-0.39, 0.29) is 11.8 Å². The number of carbonyl (C=O) groups excluding carboxylic acids is 1. The van der Waals surface area contributed by atoms with Crippen LogP contribution in [0.1, 0.15) is 48.6 Å². The number of aryl methyl sites for hydroxylation is 3. The van der Waals surface area contributed by atoms with Crippen LogP contribution in [0.2, 0.25) is 0 Å². The Labute approximate surface area is 165 Å². The molecule has 0 spiro atoms. The Morgan fingerprint density at radius 3 is 2.65 bits per heavy atom. The lowest BCUT2D eigenvalue weighted by molar-refractivity contribution is -0.113. The number of thiazole rings is 1. The molecular formula is C18H22N4OS3. The Kier molecular flexibility index (Phi) is 5.94. The van der Waals surface area contributed by atoms with E-state index in [2.05, 4.69) is 38.0 Å². The van der Waals surface area contributed by atoms with Crippen LogP contribution in [0.5, 0.6) is 0 Å². The Hall–Kier alpha value is -1.51. The molecule has 8 heteroatoms. The van der Waals surface area contributed by atoms with Crippen LogP contribution in [0.15, 0.2) is 10.4 Å². The van der Waals surface area contributed by atoms with Crippen LogP contribution in [0.4, 0.5) is 5.13 Å². The molecule has 1 N–H and O–H groups in total. The topological polar surface area (TPSA) is 67.8 Å². The summed E-state index contributed by atoms with van der Waals surface area (Å²) in [6, 6.07) is 0. The summed E-state index contributed by atoms with van der Waals surface area (Å²) in [5.41, 5.74) is 2.21. The molecule has 0 aliphatic heterocycles. The van der Waals surface area contributed by atoms with Crippen molar-refractivity contribution in [1.29, 1.82) is 0 Å². The molecule has 0 radical (unpaired) electrons. The molecular weight excluding hydrogens is 384 g/mol. The van der Waals surface area contributed by atoms with Gasteiger partial charge < -0.3 is 5.32 Å². The van der Waals surface area contributed by atoms with E-state index in [1.54, 1.807) is 11.3 Å². The molecule has 26 heavy (non-hydrogen) atoms. The molecule has 1 amide bonds. The average molecular weight is 407 g/mol. The Morgan fingerprint density at radius 1 is 1.27 bits per heavy atom. The molecule has 0 bridgehead atoms. The summed E-state index contributed by atoms with van der Waals surface area (Å²) in [7, 11) is 0. The molecule has 0 saturated heterocycles. The molecule has 0 aliphatic rings. The molecule has 0 unspecified atom stereocenters. The van der Waals surface area contributed by atoms with Gasteiger partial charge in [-0.05, 0) is 25.8 Å². The first kappa shape index (κ1) is 19.3. The van der Waals surface area contributed by atoms with Gasteiger partial charge in [0.15, 0.2) is 5.13 Å². The molecule has 3 aromatic heterocycles. The fraction of sp³-hybridized carbons (Fsp3) is 0.444. The van der Waals surface area contributed by atoms with E-state index in [9.17, 15) is 4.79 Å². The first-order valence-electron chi connectivity index (χ1n) is 8.53. The smallest absolute Gasteiger partial charge is 0.236 e. The zero-order valence-corrected chi connectivity index (χ0v) is 18.0. The van der Waals surface area contributed by atoms with Gasteiger partial charge in [0.2, 0.25) is 5.91 Å². The number of amides is 1. The molecule has 138 valence electrons. The second-order valence-electron chi connectivity index (χ2n) is 6.34. The van der Waals surface area contributed by atoms with Gasteiger partial charge in [-0.25, -0.2) is 15.0 Å². The Bertz CT molecular complexity index is 945. The minimum Gasteiger partial charge on any atom is -0.301 e. The lowest BCUT2D eigenvalue weighted by atomic mass is 10.1. The lowest BCUT2D eigenvalue weighted by Crippen LogP contribution is -2.14. The fourth-order valence-corrected chi connectivity index (χ4v) is 5.39. The van der Waals surface area contributed by atoms with E-state index in [1.807, 2.05) is 12.3 Å². The third-order valence-electron chi connectivity index (χ3n) is 3.91. The van der Waals surface area contributed by atoms with Crippen molar-refractivity contribution in [2.45, 2.75) is 52.0 Å². The van der Waals surface area contributed by atoms with Crippen molar-refractivity contribution in [3.8, 4) is 0 Å². The molecule has 3 heterocycles. The first-order chi connectivity index (χ1) is 12.4. The predicted molar refractivity (Wildman–Crippen MR) is 112 cm³/mol. The molecule has 0 aromatic carbocycles. The van der Waals surface area contributed by atoms with Crippen molar-refractivity contribution in [3.05, 3.63) is 27.3 Å². The summed E-state index contributed by atoms with van der Waals surface area (Å²) in [6.45, 7) is 10.4. The van der Waals surface area contributed by atoms with Crippen LogP contribution in [0, 0.1) is 13.8 Å². The van der Waals surface area contributed by atoms with Crippen molar-refractivity contribution >= 4 is 55.7 Å². The highest BCUT2D eigenvalue weighted by molar-refractivity contribution is 8.00. The molecule has 5 nitrogen and oxygen atoms in total. The number of rotatable bonds is 6. The predicted octanol–water partition coefficient (Wildman–Crippen LogP) is 5.18. The number of aromatic nitrogens is 3. The van der Waals surface area contributed by atoms with Crippen LogP contribution in [0.25, 0.3) is 10.2 Å². The SMILES string of the molecule is CCc1c(C)sc2nc(C(C)C)nc(SCC(=O)Nc3nc(C)cs3)c12. The third-order valence-corrected chi connectivity index (χ3v) is 6.80. The number of carbonyl (C=O) groups is 1. The van der Waals surface area contributed by atoms with E-state index < -0.39 is 0 Å². The fourth-order valence-electron chi connectivity index (χ4n) is 2.64. The van der Waals surface area contributed by atoms with E-state index in [1.165, 1.54) is 33.5 Å². The molecule has 0 aliphatic carbocycles. The first-order valence-corrected chi connectivity index (χ1v) is 11.2. The van der Waals surface area contributed by atoms with Crippen LogP contribution < -0.4 is 5.32 Å². The van der Waals surface area contributed by atoms with E-state index in [0.717, 1.165) is 33.2 Å². The number of thiophene rings is 1. The second-order valence-corrected chi connectivity index (χ2v) is 9.37. The van der Waals surface area contributed by atoms with Crippen molar-refractivity contribution in [2.24, 2.45) is 0 Å². The number of nitrogens with one attached hydrogen (secondary N) is 1. The van der Waals surface area contributed by atoms with Crippen LogP contribution in [0.3, 0.4) is 0 Å². The summed E-state index contributed by atoms with van der Waals surface area (Å²) < 4.78 is 0. The van der Waals surface area contributed by atoms with Crippen LogP contribution in [-0.4, -0.2) is 26.6 Å². The van der Waals surface area contributed by atoms with Gasteiger partial charge in [0.25, 0.3) is 0 Å². The number of anilines is 1. The van der Waals surface area contributed by atoms with Gasteiger partial charge in [-0.3, -0.25) is 4.79 Å². The molecule has 3 aromatic rings. The van der Waals surface area contributed by atoms with Gasteiger partial charge in [0.05, 0.1) is 11.4 Å². The van der Waals surface area contributed by atoms with Gasteiger partial charge in [0.1, 0.15) is 15.7 Å². The average Bonchev–Trinajstić information content (AvgIpc) is 3.14. The summed E-state index contributed by atoms with van der Waals surface area (Å²) in [4.78, 5) is 28.4. The molecule has 3 rings (SSSR count). The zero-order chi connectivity index (χ0) is 18.8. The van der Waals surface area contributed by atoms with Gasteiger partial charge in [-0.1, -0.05) is 32.5 Å². The second kappa shape index (κ2) is 8.02. The van der Waals surface area contributed by atoms with Crippen molar-refractivity contribution in [3.63, 3.8) is 0 Å². The summed E-state index contributed by atoms with van der Waals surface area (Å²) in [5, 5.41) is 7.45. The highest BCUT2D eigenvalue weighted by Gasteiger charge is 2.18. The van der Waals surface area contributed by atoms with Gasteiger partial charge in [0, 0.05) is 21.6 Å². The largest absolute Gasteiger partial charge is 0.301 e. The van der Waals surface area contributed by atoms with Crippen molar-refractivity contribution in [2.75, 3.05) is 11.1 Å². The standard InChI is InChI=1S/C18H22N4OS3/c1-6-12-11(5)26-17-14(12)16(21-15(22-17)9(2)3)24-8-13(23)20-18-19-10(4)7-25-18/h7,9H,6,8H2,1-5H3,(H,19,20,23). The number of hydrogen-bond acceptors (Lipinski definition) is 7. The molecule has 0 saturated carbocycles. The Morgan fingerprint density at radius 2 is 2.04 bits per heavy atom. The quantitative estimate of drug-likeness (QED) is 0.451. The highest BCUT2D eigenvalue weighted by Crippen LogP contribution is 2.36. The van der Waals surface area contributed by atoms with E-state index in [0.29, 0.717) is 10.9 Å². The number of nitrogens with zero attached hydrogens (tertiary/aromatic N) is 3. The normalized spacial score (nSPS) is 11.5. The minimum absolute atomic E-state index is 0.0628. The summed E-state index contributed by atoms with van der Waals surface area (Å²) in [6.07, 6.45) is 0.939. The maximum absolute atomic E-state index is 12.3.